The Bertz CT molecular complexity index is 644. The van der Waals surface area contributed by atoms with Gasteiger partial charge >= 0.3 is 0 Å². The molecule has 98 valence electrons. The summed E-state index contributed by atoms with van der Waals surface area (Å²) in [5.41, 5.74) is 2.61. The van der Waals surface area contributed by atoms with E-state index < -0.39 is 0 Å². The number of benzene rings is 1. The van der Waals surface area contributed by atoms with Crippen LogP contribution in [0.1, 0.15) is 42.2 Å². The van der Waals surface area contributed by atoms with E-state index >= 15 is 0 Å². The molecule has 2 aliphatic rings. The van der Waals surface area contributed by atoms with Crippen LogP contribution in [0.3, 0.4) is 0 Å². The van der Waals surface area contributed by atoms with Gasteiger partial charge in [0.1, 0.15) is 0 Å². The van der Waals surface area contributed by atoms with Crippen molar-refractivity contribution in [2.45, 2.75) is 31.1 Å². The summed E-state index contributed by atoms with van der Waals surface area (Å²) in [6, 6.07) is 7.18. The van der Waals surface area contributed by atoms with Gasteiger partial charge in [-0.2, -0.15) is 0 Å². The summed E-state index contributed by atoms with van der Waals surface area (Å²) < 4.78 is 1.51. The average Bonchev–Trinajstić information content (AvgIpc) is 3.04. The Morgan fingerprint density at radius 2 is 1.68 bits per heavy atom. The molecule has 2 N–H and O–H groups in total. The summed E-state index contributed by atoms with van der Waals surface area (Å²) in [6.07, 6.45) is 3.30. The van der Waals surface area contributed by atoms with Gasteiger partial charge in [-0.1, -0.05) is 17.7 Å². The van der Waals surface area contributed by atoms with Gasteiger partial charge in [0.15, 0.2) is 0 Å². The molecule has 4 heteroatoms. The van der Waals surface area contributed by atoms with Crippen LogP contribution in [0.25, 0.3) is 5.69 Å². The normalized spacial score (nSPS) is 23.8. The molecule has 0 unspecified atom stereocenters. The molecule has 3 nitrogen and oxygen atoms in total. The van der Waals surface area contributed by atoms with E-state index in [0.717, 1.165) is 30.4 Å². The van der Waals surface area contributed by atoms with Gasteiger partial charge in [-0.3, -0.25) is 4.57 Å². The second kappa shape index (κ2) is 3.70. The van der Waals surface area contributed by atoms with Gasteiger partial charge in [-0.05, 0) is 49.3 Å². The largest absolute Gasteiger partial charge is 0.494 e. The second-order valence-corrected chi connectivity index (χ2v) is 5.93. The van der Waals surface area contributed by atoms with E-state index in [4.69, 9.17) is 11.6 Å². The summed E-state index contributed by atoms with van der Waals surface area (Å²) in [5.74, 6) is 1.18. The number of fused-ring (bicyclic) bond motifs is 5. The van der Waals surface area contributed by atoms with Crippen molar-refractivity contribution < 1.29 is 10.2 Å². The van der Waals surface area contributed by atoms with E-state index in [9.17, 15) is 10.2 Å². The highest BCUT2D eigenvalue weighted by Crippen LogP contribution is 2.60. The summed E-state index contributed by atoms with van der Waals surface area (Å²) >= 11 is 5.99. The van der Waals surface area contributed by atoms with Crippen molar-refractivity contribution in [3.8, 4) is 17.4 Å². The van der Waals surface area contributed by atoms with E-state index in [0.29, 0.717) is 22.5 Å². The predicted molar refractivity (Wildman–Crippen MR) is 73.4 cm³/mol. The summed E-state index contributed by atoms with van der Waals surface area (Å²) in [7, 11) is 0. The van der Waals surface area contributed by atoms with Gasteiger partial charge < -0.3 is 10.2 Å². The molecule has 1 aromatic carbocycles. The molecule has 1 aromatic heterocycles. The van der Waals surface area contributed by atoms with Crippen LogP contribution in [0.4, 0.5) is 0 Å². The topological polar surface area (TPSA) is 45.4 Å². The monoisotopic (exact) mass is 275 g/mol. The Kier molecular flexibility index (Phi) is 2.19. The lowest BCUT2D eigenvalue weighted by Crippen LogP contribution is -1.95. The smallest absolute Gasteiger partial charge is 0.202 e. The molecular formula is C15H14ClNO2. The van der Waals surface area contributed by atoms with E-state index in [1.165, 1.54) is 4.57 Å². The molecule has 0 saturated heterocycles. The minimum Gasteiger partial charge on any atom is -0.494 e. The van der Waals surface area contributed by atoms with Gasteiger partial charge in [0.25, 0.3) is 0 Å². The minimum absolute atomic E-state index is 0.182. The predicted octanol–water partition coefficient (Wildman–Crippen LogP) is 3.91. The molecular weight excluding hydrogens is 262 g/mol. The van der Waals surface area contributed by atoms with Crippen LogP contribution in [-0.4, -0.2) is 14.8 Å². The maximum Gasteiger partial charge on any atom is 0.202 e. The SMILES string of the molecule is Oc1c2c(c(O)n1-c1cccc(Cl)c1)[C@H]1CC[C@@H]2C1. The Morgan fingerprint density at radius 1 is 1.05 bits per heavy atom. The van der Waals surface area contributed by atoms with E-state index in [1.54, 1.807) is 12.1 Å². The van der Waals surface area contributed by atoms with Crippen molar-refractivity contribution in [2.75, 3.05) is 0 Å². The van der Waals surface area contributed by atoms with Crippen LogP contribution < -0.4 is 0 Å². The summed E-state index contributed by atoms with van der Waals surface area (Å²) in [4.78, 5) is 0. The van der Waals surface area contributed by atoms with Crippen molar-refractivity contribution in [3.63, 3.8) is 0 Å². The number of rotatable bonds is 1. The standard InChI is InChI=1S/C15H14ClNO2/c16-10-2-1-3-11(7-10)17-14(18)12-8-4-5-9(6-8)13(12)15(17)19/h1-3,7-9,18-19H,4-6H2/t8-,9+. The van der Waals surface area contributed by atoms with Gasteiger partial charge in [0, 0.05) is 16.1 Å². The highest BCUT2D eigenvalue weighted by molar-refractivity contribution is 6.30. The maximum absolute atomic E-state index is 10.5. The quantitative estimate of drug-likeness (QED) is 0.829. The molecule has 0 aliphatic heterocycles. The van der Waals surface area contributed by atoms with Crippen LogP contribution in [-0.2, 0) is 0 Å². The Hall–Kier alpha value is -1.61. The third-order valence-corrected chi connectivity index (χ3v) is 4.75. The van der Waals surface area contributed by atoms with Gasteiger partial charge in [0.2, 0.25) is 11.8 Å². The lowest BCUT2D eigenvalue weighted by Gasteiger charge is -2.09. The number of aromatic hydroxyl groups is 2. The van der Waals surface area contributed by atoms with Crippen molar-refractivity contribution in [3.05, 3.63) is 40.4 Å². The molecule has 0 spiro atoms. The zero-order chi connectivity index (χ0) is 13.1. The molecule has 2 bridgehead atoms. The Labute approximate surface area is 116 Å². The van der Waals surface area contributed by atoms with Crippen molar-refractivity contribution in [1.82, 2.24) is 4.57 Å². The molecule has 1 saturated carbocycles. The van der Waals surface area contributed by atoms with Crippen molar-refractivity contribution >= 4 is 11.6 Å². The molecule has 2 atom stereocenters. The minimum atomic E-state index is 0.182. The molecule has 4 rings (SSSR count). The Balaban J connectivity index is 1.96. The number of halogens is 1. The zero-order valence-electron chi connectivity index (χ0n) is 10.3. The first-order valence-corrected chi connectivity index (χ1v) is 6.97. The number of nitrogens with zero attached hydrogens (tertiary/aromatic N) is 1. The zero-order valence-corrected chi connectivity index (χ0v) is 11.1. The van der Waals surface area contributed by atoms with Crippen molar-refractivity contribution in [2.24, 2.45) is 0 Å². The lowest BCUT2D eigenvalue weighted by molar-refractivity contribution is 0.394. The molecule has 2 aromatic rings. The Morgan fingerprint density at radius 3 is 2.26 bits per heavy atom. The van der Waals surface area contributed by atoms with Crippen LogP contribution in [0.5, 0.6) is 11.8 Å². The van der Waals surface area contributed by atoms with Crippen molar-refractivity contribution in [1.29, 1.82) is 0 Å². The third-order valence-electron chi connectivity index (χ3n) is 4.51. The number of hydrogen-bond acceptors (Lipinski definition) is 2. The molecule has 0 amide bonds. The van der Waals surface area contributed by atoms with Crippen LogP contribution in [0.2, 0.25) is 5.02 Å². The number of hydrogen-bond donors (Lipinski definition) is 2. The first-order chi connectivity index (χ1) is 9.16. The highest BCUT2D eigenvalue weighted by Gasteiger charge is 2.44. The molecule has 0 radical (unpaired) electrons. The fraction of sp³-hybridized carbons (Fsp3) is 0.333. The van der Waals surface area contributed by atoms with Crippen LogP contribution in [0, 0.1) is 0 Å². The highest BCUT2D eigenvalue weighted by atomic mass is 35.5. The van der Waals surface area contributed by atoms with E-state index in [1.807, 2.05) is 12.1 Å². The van der Waals surface area contributed by atoms with Crippen LogP contribution in [0.15, 0.2) is 24.3 Å². The molecule has 1 fully saturated rings. The van der Waals surface area contributed by atoms with Crippen LogP contribution >= 0.6 is 11.6 Å². The van der Waals surface area contributed by atoms with E-state index in [-0.39, 0.29) is 11.8 Å². The molecule has 19 heavy (non-hydrogen) atoms. The lowest BCUT2D eigenvalue weighted by atomic mass is 9.95. The average molecular weight is 276 g/mol. The maximum atomic E-state index is 10.5. The van der Waals surface area contributed by atoms with E-state index in [2.05, 4.69) is 0 Å². The van der Waals surface area contributed by atoms with Gasteiger partial charge in [-0.15, -0.1) is 0 Å². The summed E-state index contributed by atoms with van der Waals surface area (Å²) in [5, 5.41) is 21.5. The fourth-order valence-corrected chi connectivity index (χ4v) is 3.94. The first-order valence-electron chi connectivity index (χ1n) is 6.59. The first kappa shape index (κ1) is 11.2. The third kappa shape index (κ3) is 1.39. The molecule has 1 heterocycles. The number of aromatic nitrogens is 1. The fourth-order valence-electron chi connectivity index (χ4n) is 3.75. The van der Waals surface area contributed by atoms with Gasteiger partial charge in [0.05, 0.1) is 5.69 Å². The summed E-state index contributed by atoms with van der Waals surface area (Å²) in [6.45, 7) is 0. The van der Waals surface area contributed by atoms with Gasteiger partial charge in [-0.25, -0.2) is 0 Å². The second-order valence-electron chi connectivity index (χ2n) is 5.50. The molecule has 2 aliphatic carbocycles.